The number of methoxy groups -OCH3 is 1. The number of hydrogen-bond donors (Lipinski definition) is 2. The Morgan fingerprint density at radius 2 is 1.75 bits per heavy atom. The number of carbonyl (C=O) groups is 2. The number of carbonyl (C=O) groups excluding carboxylic acids is 2. The highest BCUT2D eigenvalue weighted by molar-refractivity contribution is 6.03. The largest absolute Gasteiger partial charge is 0.465 e. The van der Waals surface area contributed by atoms with Crippen molar-refractivity contribution < 1.29 is 14.3 Å². The monoisotopic (exact) mass is 375 g/mol. The van der Waals surface area contributed by atoms with Gasteiger partial charge in [0.05, 0.1) is 24.6 Å². The molecule has 1 atom stereocenters. The number of rotatable bonds is 6. The molecule has 1 unspecified atom stereocenters. The summed E-state index contributed by atoms with van der Waals surface area (Å²) < 4.78 is 4.69. The number of benzene rings is 2. The number of esters is 1. The SMILES string of the molecule is COC(=O)c1cccc(NC(=O)c2ccc(NC(C)c3ccccc3)cn2)c1. The van der Waals surface area contributed by atoms with Gasteiger partial charge < -0.3 is 15.4 Å². The van der Waals surface area contributed by atoms with Crippen molar-refractivity contribution in [3.8, 4) is 0 Å². The Kier molecular flexibility index (Phi) is 6.01. The zero-order valence-electron chi connectivity index (χ0n) is 15.7. The second-order valence-electron chi connectivity index (χ2n) is 6.24. The van der Waals surface area contributed by atoms with Crippen LogP contribution in [-0.2, 0) is 4.74 Å². The molecule has 0 saturated heterocycles. The summed E-state index contributed by atoms with van der Waals surface area (Å²) in [5.74, 6) is -0.818. The molecule has 6 nitrogen and oxygen atoms in total. The second-order valence-corrected chi connectivity index (χ2v) is 6.24. The zero-order valence-corrected chi connectivity index (χ0v) is 15.7. The molecule has 28 heavy (non-hydrogen) atoms. The van der Waals surface area contributed by atoms with Crippen LogP contribution in [0.5, 0.6) is 0 Å². The fourth-order valence-electron chi connectivity index (χ4n) is 2.73. The van der Waals surface area contributed by atoms with Gasteiger partial charge in [0.1, 0.15) is 5.69 Å². The van der Waals surface area contributed by atoms with E-state index in [-0.39, 0.29) is 17.6 Å². The van der Waals surface area contributed by atoms with Crippen LogP contribution in [0, 0.1) is 0 Å². The summed E-state index contributed by atoms with van der Waals surface area (Å²) in [6, 6.07) is 20.2. The molecule has 6 heteroatoms. The number of nitrogens with zero attached hydrogens (tertiary/aromatic N) is 1. The Morgan fingerprint density at radius 1 is 0.964 bits per heavy atom. The van der Waals surface area contributed by atoms with Crippen LogP contribution in [0.25, 0.3) is 0 Å². The first-order valence-electron chi connectivity index (χ1n) is 8.84. The van der Waals surface area contributed by atoms with Gasteiger partial charge in [-0.15, -0.1) is 0 Å². The molecule has 0 aliphatic rings. The Balaban J connectivity index is 1.65. The number of pyridine rings is 1. The third-order valence-electron chi connectivity index (χ3n) is 4.22. The maximum absolute atomic E-state index is 12.4. The molecule has 0 bridgehead atoms. The molecule has 3 rings (SSSR count). The molecule has 142 valence electrons. The summed E-state index contributed by atoms with van der Waals surface area (Å²) in [5.41, 5.74) is 3.12. The van der Waals surface area contributed by atoms with Gasteiger partial charge in [0.15, 0.2) is 0 Å². The number of nitrogens with one attached hydrogen (secondary N) is 2. The summed E-state index contributed by atoms with van der Waals surface area (Å²) in [5, 5.41) is 6.09. The van der Waals surface area contributed by atoms with Crippen LogP contribution in [0.1, 0.15) is 39.4 Å². The van der Waals surface area contributed by atoms with Crippen LogP contribution >= 0.6 is 0 Å². The van der Waals surface area contributed by atoms with Gasteiger partial charge in [-0.25, -0.2) is 9.78 Å². The molecule has 0 spiro atoms. The molecule has 2 aromatic carbocycles. The van der Waals surface area contributed by atoms with Crippen LogP contribution < -0.4 is 10.6 Å². The maximum atomic E-state index is 12.4. The smallest absolute Gasteiger partial charge is 0.337 e. The first-order chi connectivity index (χ1) is 13.6. The van der Waals surface area contributed by atoms with Gasteiger partial charge in [0.2, 0.25) is 0 Å². The van der Waals surface area contributed by atoms with E-state index in [4.69, 9.17) is 0 Å². The topological polar surface area (TPSA) is 80.3 Å². The van der Waals surface area contributed by atoms with Crippen molar-refractivity contribution in [2.75, 3.05) is 17.7 Å². The fourth-order valence-corrected chi connectivity index (χ4v) is 2.73. The van der Waals surface area contributed by atoms with E-state index in [0.29, 0.717) is 11.3 Å². The molecule has 0 fully saturated rings. The van der Waals surface area contributed by atoms with E-state index in [1.807, 2.05) is 24.3 Å². The van der Waals surface area contributed by atoms with Gasteiger partial charge in [-0.3, -0.25) is 4.79 Å². The minimum absolute atomic E-state index is 0.115. The molecule has 0 aliphatic carbocycles. The summed E-state index contributed by atoms with van der Waals surface area (Å²) in [7, 11) is 1.31. The van der Waals surface area contributed by atoms with Gasteiger partial charge in [-0.1, -0.05) is 36.4 Å². The summed E-state index contributed by atoms with van der Waals surface area (Å²) >= 11 is 0. The van der Waals surface area contributed by atoms with Crippen LogP contribution in [0.15, 0.2) is 72.9 Å². The lowest BCUT2D eigenvalue weighted by atomic mass is 10.1. The minimum Gasteiger partial charge on any atom is -0.465 e. The Labute approximate surface area is 163 Å². The molecule has 0 radical (unpaired) electrons. The van der Waals surface area contributed by atoms with E-state index >= 15 is 0 Å². The molecule has 1 aromatic heterocycles. The van der Waals surface area contributed by atoms with E-state index in [1.165, 1.54) is 7.11 Å². The normalized spacial score (nSPS) is 11.4. The van der Waals surface area contributed by atoms with Crippen LogP contribution in [0.3, 0.4) is 0 Å². The van der Waals surface area contributed by atoms with Crippen molar-refractivity contribution in [1.82, 2.24) is 4.98 Å². The highest BCUT2D eigenvalue weighted by Gasteiger charge is 2.11. The van der Waals surface area contributed by atoms with E-state index in [2.05, 4.69) is 39.4 Å². The number of amides is 1. The molecule has 2 N–H and O–H groups in total. The fraction of sp³-hybridized carbons (Fsp3) is 0.136. The van der Waals surface area contributed by atoms with Gasteiger partial charge in [-0.05, 0) is 42.8 Å². The minimum atomic E-state index is -0.461. The van der Waals surface area contributed by atoms with Gasteiger partial charge in [-0.2, -0.15) is 0 Å². The van der Waals surface area contributed by atoms with Crippen molar-refractivity contribution >= 4 is 23.3 Å². The molecule has 1 heterocycles. The predicted octanol–water partition coefficient (Wildman–Crippen LogP) is 4.29. The third kappa shape index (κ3) is 4.73. The van der Waals surface area contributed by atoms with E-state index in [9.17, 15) is 9.59 Å². The Morgan fingerprint density at radius 3 is 2.43 bits per heavy atom. The summed E-state index contributed by atoms with van der Waals surface area (Å²) in [6.07, 6.45) is 1.62. The van der Waals surface area contributed by atoms with Crippen LogP contribution in [0.2, 0.25) is 0 Å². The first-order valence-corrected chi connectivity index (χ1v) is 8.84. The zero-order chi connectivity index (χ0) is 19.9. The standard InChI is InChI=1S/C22H21N3O3/c1-15(16-7-4-3-5-8-16)24-19-11-12-20(23-14-19)21(26)25-18-10-6-9-17(13-18)22(27)28-2/h3-15,24H,1-2H3,(H,25,26). The highest BCUT2D eigenvalue weighted by atomic mass is 16.5. The molecule has 1 amide bonds. The van der Waals surface area contributed by atoms with E-state index in [1.54, 1.807) is 36.5 Å². The highest BCUT2D eigenvalue weighted by Crippen LogP contribution is 2.19. The predicted molar refractivity (Wildman–Crippen MR) is 108 cm³/mol. The van der Waals surface area contributed by atoms with E-state index < -0.39 is 5.97 Å². The number of hydrogen-bond acceptors (Lipinski definition) is 5. The summed E-state index contributed by atoms with van der Waals surface area (Å²) in [6.45, 7) is 2.06. The molecule has 3 aromatic rings. The lowest BCUT2D eigenvalue weighted by Gasteiger charge is -2.15. The molecular formula is C22H21N3O3. The third-order valence-corrected chi connectivity index (χ3v) is 4.22. The quantitative estimate of drug-likeness (QED) is 0.628. The lowest BCUT2D eigenvalue weighted by molar-refractivity contribution is 0.0600. The molecule has 0 saturated carbocycles. The van der Waals surface area contributed by atoms with Crippen molar-refractivity contribution in [3.05, 3.63) is 89.7 Å². The average molecular weight is 375 g/mol. The van der Waals surface area contributed by atoms with Crippen LogP contribution in [0.4, 0.5) is 11.4 Å². The summed E-state index contributed by atoms with van der Waals surface area (Å²) in [4.78, 5) is 28.2. The van der Waals surface area contributed by atoms with Crippen molar-refractivity contribution in [3.63, 3.8) is 0 Å². The lowest BCUT2D eigenvalue weighted by Crippen LogP contribution is -2.14. The number of anilines is 2. The van der Waals surface area contributed by atoms with Crippen LogP contribution in [-0.4, -0.2) is 24.0 Å². The Bertz CT molecular complexity index is 956. The Hall–Kier alpha value is -3.67. The van der Waals surface area contributed by atoms with Gasteiger partial charge >= 0.3 is 5.97 Å². The number of ether oxygens (including phenoxy) is 1. The average Bonchev–Trinajstić information content (AvgIpc) is 2.74. The maximum Gasteiger partial charge on any atom is 0.337 e. The number of aromatic nitrogens is 1. The molecule has 0 aliphatic heterocycles. The second kappa shape index (κ2) is 8.81. The van der Waals surface area contributed by atoms with Gasteiger partial charge in [0.25, 0.3) is 5.91 Å². The first kappa shape index (κ1) is 19.1. The van der Waals surface area contributed by atoms with Crippen molar-refractivity contribution in [1.29, 1.82) is 0 Å². The van der Waals surface area contributed by atoms with Gasteiger partial charge in [0, 0.05) is 11.7 Å². The van der Waals surface area contributed by atoms with Crippen molar-refractivity contribution in [2.24, 2.45) is 0 Å². The van der Waals surface area contributed by atoms with E-state index in [0.717, 1.165) is 11.3 Å². The van der Waals surface area contributed by atoms with Crippen molar-refractivity contribution in [2.45, 2.75) is 13.0 Å². The molecular weight excluding hydrogens is 354 g/mol.